The van der Waals surface area contributed by atoms with Crippen molar-refractivity contribution >= 4 is 23.1 Å². The molecule has 0 aliphatic carbocycles. The first-order valence-corrected chi connectivity index (χ1v) is 7.88. The third-order valence-electron chi connectivity index (χ3n) is 3.79. The van der Waals surface area contributed by atoms with E-state index in [1.807, 2.05) is 0 Å². The van der Waals surface area contributed by atoms with Crippen LogP contribution in [0.4, 0.5) is 21.6 Å². The Bertz CT molecular complexity index is 960. The predicted octanol–water partition coefficient (Wildman–Crippen LogP) is 3.95. The maximum Gasteiger partial charge on any atom is 0.256 e. The number of fused-ring (bicyclic) bond motifs is 1. The van der Waals surface area contributed by atoms with Crippen LogP contribution in [-0.4, -0.2) is 17.7 Å². The van der Waals surface area contributed by atoms with Crippen molar-refractivity contribution < 1.29 is 18.7 Å². The van der Waals surface area contributed by atoms with Crippen molar-refractivity contribution in [1.82, 2.24) is 4.98 Å². The summed E-state index contributed by atoms with van der Waals surface area (Å²) in [6.45, 7) is 0.151. The van der Waals surface area contributed by atoms with Gasteiger partial charge in [0, 0.05) is 5.56 Å². The molecule has 1 aromatic heterocycles. The Morgan fingerprint density at radius 2 is 1.88 bits per heavy atom. The second-order valence-corrected chi connectivity index (χ2v) is 5.56. The molecule has 0 spiro atoms. The van der Waals surface area contributed by atoms with Gasteiger partial charge in [-0.2, -0.15) is 0 Å². The normalized spacial score (nSPS) is 11.9. The van der Waals surface area contributed by atoms with Gasteiger partial charge in [-0.05, 0) is 42.5 Å². The van der Waals surface area contributed by atoms with Crippen molar-refractivity contribution in [2.24, 2.45) is 0 Å². The molecule has 1 amide bonds. The van der Waals surface area contributed by atoms with Crippen LogP contribution in [0.15, 0.2) is 60.8 Å². The Labute approximate surface area is 148 Å². The summed E-state index contributed by atoms with van der Waals surface area (Å²) in [7, 11) is 0. The highest BCUT2D eigenvalue weighted by Gasteiger charge is 2.16. The van der Waals surface area contributed by atoms with E-state index < -0.39 is 0 Å². The molecule has 2 N–H and O–H groups in total. The number of pyridine rings is 1. The molecule has 2 aromatic carbocycles. The number of anilines is 3. The molecule has 7 heteroatoms. The second-order valence-electron chi connectivity index (χ2n) is 5.56. The highest BCUT2D eigenvalue weighted by Crippen LogP contribution is 2.32. The van der Waals surface area contributed by atoms with E-state index in [1.165, 1.54) is 12.3 Å². The second kappa shape index (κ2) is 6.72. The van der Waals surface area contributed by atoms with E-state index in [4.69, 9.17) is 9.47 Å². The first-order chi connectivity index (χ1) is 12.7. The number of ether oxygens (including phenoxy) is 2. The molecule has 130 valence electrons. The molecular formula is C19H14FN3O3. The van der Waals surface area contributed by atoms with Crippen LogP contribution in [0.5, 0.6) is 11.5 Å². The Morgan fingerprint density at radius 1 is 1.04 bits per heavy atom. The highest BCUT2D eigenvalue weighted by atomic mass is 19.1. The van der Waals surface area contributed by atoms with Crippen molar-refractivity contribution in [3.63, 3.8) is 0 Å². The number of nitrogens with one attached hydrogen (secondary N) is 2. The molecule has 2 heterocycles. The first-order valence-electron chi connectivity index (χ1n) is 7.88. The molecule has 0 unspecified atom stereocenters. The number of benzene rings is 2. The third-order valence-corrected chi connectivity index (χ3v) is 3.79. The van der Waals surface area contributed by atoms with Crippen LogP contribution in [0, 0.1) is 5.82 Å². The van der Waals surface area contributed by atoms with E-state index in [9.17, 15) is 9.18 Å². The van der Waals surface area contributed by atoms with Crippen molar-refractivity contribution in [2.45, 2.75) is 0 Å². The average Bonchev–Trinajstić information content (AvgIpc) is 3.13. The average molecular weight is 351 g/mol. The van der Waals surface area contributed by atoms with Gasteiger partial charge in [-0.25, -0.2) is 9.37 Å². The highest BCUT2D eigenvalue weighted by molar-refractivity contribution is 6.04. The van der Waals surface area contributed by atoms with Crippen molar-refractivity contribution in [2.75, 3.05) is 17.4 Å². The monoisotopic (exact) mass is 351 g/mol. The molecule has 0 radical (unpaired) electrons. The van der Waals surface area contributed by atoms with E-state index in [-0.39, 0.29) is 18.5 Å². The van der Waals surface area contributed by atoms with Gasteiger partial charge in [0.15, 0.2) is 11.5 Å². The standard InChI is InChI=1S/C19H14FN3O3/c20-14-3-1-2-4-15(14)22-13-6-8-18(21-10-13)23-19(24)12-5-7-16-17(9-12)26-11-25-16/h1-10,22H,11H2,(H,21,23,24). The largest absolute Gasteiger partial charge is 0.454 e. The van der Waals surface area contributed by atoms with Gasteiger partial charge < -0.3 is 20.1 Å². The van der Waals surface area contributed by atoms with Crippen LogP contribution < -0.4 is 20.1 Å². The topological polar surface area (TPSA) is 72.5 Å². The molecule has 0 atom stereocenters. The minimum Gasteiger partial charge on any atom is -0.454 e. The molecule has 3 aromatic rings. The Hall–Kier alpha value is -3.61. The number of aromatic nitrogens is 1. The maximum absolute atomic E-state index is 13.6. The summed E-state index contributed by atoms with van der Waals surface area (Å²) in [5.74, 6) is 0.864. The van der Waals surface area contributed by atoms with Crippen molar-refractivity contribution in [3.05, 3.63) is 72.2 Å². The fraction of sp³-hybridized carbons (Fsp3) is 0.0526. The number of nitrogens with zero attached hydrogens (tertiary/aromatic N) is 1. The Balaban J connectivity index is 1.44. The quantitative estimate of drug-likeness (QED) is 0.745. The molecule has 0 bridgehead atoms. The van der Waals surface area contributed by atoms with E-state index >= 15 is 0 Å². The summed E-state index contributed by atoms with van der Waals surface area (Å²) in [5, 5.41) is 5.64. The Kier molecular flexibility index (Phi) is 4.10. The lowest BCUT2D eigenvalue weighted by Gasteiger charge is -2.09. The molecular weight excluding hydrogens is 337 g/mol. The van der Waals surface area contributed by atoms with Crippen LogP contribution in [0.3, 0.4) is 0 Å². The molecule has 26 heavy (non-hydrogen) atoms. The minimum atomic E-state index is -0.354. The lowest BCUT2D eigenvalue weighted by Crippen LogP contribution is -2.12. The zero-order chi connectivity index (χ0) is 17.9. The SMILES string of the molecule is O=C(Nc1ccc(Nc2ccccc2F)cn1)c1ccc2c(c1)OCO2. The molecule has 0 saturated heterocycles. The van der Waals surface area contributed by atoms with Crippen LogP contribution in [-0.2, 0) is 0 Å². The molecule has 1 aliphatic rings. The third kappa shape index (κ3) is 3.27. The molecule has 6 nitrogen and oxygen atoms in total. The fourth-order valence-electron chi connectivity index (χ4n) is 2.49. The number of amides is 1. The molecule has 1 aliphatic heterocycles. The van der Waals surface area contributed by atoms with E-state index in [1.54, 1.807) is 48.5 Å². The summed E-state index contributed by atoms with van der Waals surface area (Å²) < 4.78 is 24.1. The van der Waals surface area contributed by atoms with Gasteiger partial charge in [0.1, 0.15) is 11.6 Å². The van der Waals surface area contributed by atoms with Crippen LogP contribution in [0.1, 0.15) is 10.4 Å². The number of carbonyl (C=O) groups excluding carboxylic acids is 1. The first kappa shape index (κ1) is 15.9. The van der Waals surface area contributed by atoms with Crippen molar-refractivity contribution in [3.8, 4) is 11.5 Å². The van der Waals surface area contributed by atoms with Gasteiger partial charge in [-0.1, -0.05) is 12.1 Å². The lowest BCUT2D eigenvalue weighted by atomic mass is 10.2. The predicted molar refractivity (Wildman–Crippen MR) is 94.4 cm³/mol. The summed E-state index contributed by atoms with van der Waals surface area (Å²) >= 11 is 0. The van der Waals surface area contributed by atoms with Gasteiger partial charge in [0.25, 0.3) is 5.91 Å². The fourth-order valence-corrected chi connectivity index (χ4v) is 2.49. The van der Waals surface area contributed by atoms with E-state index in [2.05, 4.69) is 15.6 Å². The van der Waals surface area contributed by atoms with Gasteiger partial charge in [-0.3, -0.25) is 4.79 Å². The minimum absolute atomic E-state index is 0.151. The van der Waals surface area contributed by atoms with Gasteiger partial charge in [0.2, 0.25) is 6.79 Å². The van der Waals surface area contributed by atoms with Crippen LogP contribution in [0.2, 0.25) is 0 Å². The van der Waals surface area contributed by atoms with E-state index in [0.717, 1.165) is 0 Å². The van der Waals surface area contributed by atoms with E-state index in [0.29, 0.717) is 34.3 Å². The van der Waals surface area contributed by atoms with Gasteiger partial charge in [0.05, 0.1) is 17.6 Å². The van der Waals surface area contributed by atoms with Crippen LogP contribution >= 0.6 is 0 Å². The summed E-state index contributed by atoms with van der Waals surface area (Å²) in [6, 6.07) is 14.6. The van der Waals surface area contributed by atoms with Gasteiger partial charge >= 0.3 is 0 Å². The molecule has 4 rings (SSSR count). The van der Waals surface area contributed by atoms with Crippen molar-refractivity contribution in [1.29, 1.82) is 0 Å². The number of para-hydroxylation sites is 1. The number of hydrogen-bond donors (Lipinski definition) is 2. The molecule has 0 fully saturated rings. The number of rotatable bonds is 4. The lowest BCUT2D eigenvalue weighted by molar-refractivity contribution is 0.102. The van der Waals surface area contributed by atoms with Crippen LogP contribution in [0.25, 0.3) is 0 Å². The Morgan fingerprint density at radius 3 is 2.69 bits per heavy atom. The number of carbonyl (C=O) groups is 1. The maximum atomic E-state index is 13.6. The smallest absolute Gasteiger partial charge is 0.256 e. The summed E-state index contributed by atoms with van der Waals surface area (Å²) in [4.78, 5) is 16.5. The molecule has 0 saturated carbocycles. The zero-order valence-corrected chi connectivity index (χ0v) is 13.5. The number of halogens is 1. The summed E-state index contributed by atoms with van der Waals surface area (Å²) in [5.41, 5.74) is 1.40. The zero-order valence-electron chi connectivity index (χ0n) is 13.5. The van der Waals surface area contributed by atoms with Gasteiger partial charge in [-0.15, -0.1) is 0 Å². The summed E-state index contributed by atoms with van der Waals surface area (Å²) in [6.07, 6.45) is 1.52. The number of hydrogen-bond acceptors (Lipinski definition) is 5.